The normalized spacial score (nSPS) is 11.8. The second-order valence-corrected chi connectivity index (χ2v) is 7.96. The molecule has 160 valence electrons. The number of carbonyl (C=O) groups excluding carboxylic acids is 2. The summed E-state index contributed by atoms with van der Waals surface area (Å²) in [5.41, 5.74) is 2.80. The van der Waals surface area contributed by atoms with E-state index in [4.69, 9.17) is 27.9 Å². The highest BCUT2D eigenvalue weighted by atomic mass is 35.5. The van der Waals surface area contributed by atoms with Crippen LogP contribution in [0, 0.1) is 0 Å². The zero-order valence-electron chi connectivity index (χ0n) is 17.2. The molecule has 0 saturated heterocycles. The SMILES string of the molecule is CC(C)OC(=O)c1ccc(-c2nccnc2C(C)NC(=O)c2ccc(Cl)c(Cl)c2)cc1. The number of esters is 1. The van der Waals surface area contributed by atoms with E-state index >= 15 is 0 Å². The zero-order valence-corrected chi connectivity index (χ0v) is 18.7. The molecule has 0 radical (unpaired) electrons. The number of amides is 1. The highest BCUT2D eigenvalue weighted by molar-refractivity contribution is 6.42. The van der Waals surface area contributed by atoms with Crippen LogP contribution in [0.4, 0.5) is 0 Å². The predicted molar refractivity (Wildman–Crippen MR) is 120 cm³/mol. The first-order chi connectivity index (χ1) is 14.8. The molecule has 1 unspecified atom stereocenters. The van der Waals surface area contributed by atoms with Crippen LogP contribution in [0.25, 0.3) is 11.3 Å². The first kappa shape index (κ1) is 22.7. The number of rotatable bonds is 6. The molecule has 1 aromatic heterocycles. The fourth-order valence-electron chi connectivity index (χ4n) is 2.92. The third-order valence-electron chi connectivity index (χ3n) is 4.40. The fraction of sp³-hybridized carbons (Fsp3) is 0.217. The number of nitrogens with one attached hydrogen (secondary N) is 1. The van der Waals surface area contributed by atoms with Crippen LogP contribution in [0.1, 0.15) is 53.2 Å². The molecule has 31 heavy (non-hydrogen) atoms. The quantitative estimate of drug-likeness (QED) is 0.493. The lowest BCUT2D eigenvalue weighted by molar-refractivity contribution is 0.0378. The van der Waals surface area contributed by atoms with Crippen molar-refractivity contribution in [3.63, 3.8) is 0 Å². The molecule has 0 spiro atoms. The van der Waals surface area contributed by atoms with Crippen LogP contribution in [-0.4, -0.2) is 27.9 Å². The third kappa shape index (κ3) is 5.60. The van der Waals surface area contributed by atoms with E-state index in [2.05, 4.69) is 15.3 Å². The van der Waals surface area contributed by atoms with E-state index in [9.17, 15) is 9.59 Å². The third-order valence-corrected chi connectivity index (χ3v) is 5.14. The smallest absolute Gasteiger partial charge is 0.338 e. The monoisotopic (exact) mass is 457 g/mol. The average Bonchev–Trinajstić information content (AvgIpc) is 2.75. The van der Waals surface area contributed by atoms with Gasteiger partial charge in [-0.3, -0.25) is 14.8 Å². The Hall–Kier alpha value is -2.96. The summed E-state index contributed by atoms with van der Waals surface area (Å²) in [5, 5.41) is 3.59. The number of halogens is 2. The molecule has 1 N–H and O–H groups in total. The molecule has 0 saturated carbocycles. The van der Waals surface area contributed by atoms with Gasteiger partial charge in [0, 0.05) is 23.5 Å². The standard InChI is InChI=1S/C23H21Cl2N3O3/c1-13(2)31-23(30)16-6-4-15(5-7-16)21-20(26-10-11-27-21)14(3)28-22(29)17-8-9-18(24)19(25)12-17/h4-14H,1-3H3,(H,28,29). The number of aromatic nitrogens is 2. The van der Waals surface area contributed by atoms with E-state index in [1.807, 2.05) is 6.92 Å². The Morgan fingerprint density at radius 1 is 0.903 bits per heavy atom. The topological polar surface area (TPSA) is 81.2 Å². The molecule has 0 bridgehead atoms. The Kier molecular flexibility index (Phi) is 7.25. The van der Waals surface area contributed by atoms with Gasteiger partial charge in [0.2, 0.25) is 0 Å². The molecule has 3 rings (SSSR count). The molecule has 6 nitrogen and oxygen atoms in total. The lowest BCUT2D eigenvalue weighted by atomic mass is 10.0. The first-order valence-corrected chi connectivity index (χ1v) is 10.4. The molecule has 1 heterocycles. The second-order valence-electron chi connectivity index (χ2n) is 7.15. The van der Waals surface area contributed by atoms with E-state index in [1.165, 1.54) is 6.07 Å². The largest absolute Gasteiger partial charge is 0.459 e. The van der Waals surface area contributed by atoms with Gasteiger partial charge in [0.1, 0.15) is 0 Å². The van der Waals surface area contributed by atoms with Crippen LogP contribution in [0.15, 0.2) is 54.9 Å². The average molecular weight is 458 g/mol. The Balaban J connectivity index is 1.81. The summed E-state index contributed by atoms with van der Waals surface area (Å²) in [7, 11) is 0. The van der Waals surface area contributed by atoms with Crippen molar-refractivity contribution in [2.45, 2.75) is 32.9 Å². The Morgan fingerprint density at radius 3 is 2.19 bits per heavy atom. The number of carbonyl (C=O) groups is 2. The van der Waals surface area contributed by atoms with Crippen molar-refractivity contribution >= 4 is 35.1 Å². The van der Waals surface area contributed by atoms with Gasteiger partial charge in [0.05, 0.1) is 39.1 Å². The van der Waals surface area contributed by atoms with Crippen molar-refractivity contribution < 1.29 is 14.3 Å². The minimum atomic E-state index is -0.434. The van der Waals surface area contributed by atoms with Crippen molar-refractivity contribution in [3.05, 3.63) is 81.7 Å². The number of nitrogens with zero attached hydrogens (tertiary/aromatic N) is 2. The van der Waals surface area contributed by atoms with Crippen molar-refractivity contribution in [3.8, 4) is 11.3 Å². The van der Waals surface area contributed by atoms with Gasteiger partial charge < -0.3 is 10.1 Å². The van der Waals surface area contributed by atoms with Crippen LogP contribution in [0.5, 0.6) is 0 Å². The molecule has 2 aromatic carbocycles. The highest BCUT2D eigenvalue weighted by Gasteiger charge is 2.19. The van der Waals surface area contributed by atoms with Crippen molar-refractivity contribution in [1.29, 1.82) is 0 Å². The van der Waals surface area contributed by atoms with E-state index < -0.39 is 6.04 Å². The summed E-state index contributed by atoms with van der Waals surface area (Å²) in [6, 6.07) is 11.2. The van der Waals surface area contributed by atoms with Gasteiger partial charge in [-0.15, -0.1) is 0 Å². The molecule has 0 aliphatic carbocycles. The summed E-state index contributed by atoms with van der Waals surface area (Å²) in [4.78, 5) is 33.5. The second kappa shape index (κ2) is 9.90. The molecule has 0 aliphatic heterocycles. The van der Waals surface area contributed by atoms with E-state index in [1.54, 1.807) is 62.6 Å². The number of benzene rings is 2. The van der Waals surface area contributed by atoms with Gasteiger partial charge in [0.15, 0.2) is 0 Å². The van der Waals surface area contributed by atoms with Gasteiger partial charge in [-0.2, -0.15) is 0 Å². The maximum Gasteiger partial charge on any atom is 0.338 e. The van der Waals surface area contributed by atoms with Crippen molar-refractivity contribution in [1.82, 2.24) is 15.3 Å². The Morgan fingerprint density at radius 2 is 1.55 bits per heavy atom. The van der Waals surface area contributed by atoms with E-state index in [0.29, 0.717) is 32.6 Å². The Labute approximate surface area is 190 Å². The molecular weight excluding hydrogens is 437 g/mol. The molecule has 0 fully saturated rings. The molecule has 3 aromatic rings. The van der Waals surface area contributed by atoms with Gasteiger partial charge in [-0.05, 0) is 51.1 Å². The lowest BCUT2D eigenvalue weighted by Gasteiger charge is -2.17. The maximum atomic E-state index is 12.6. The zero-order chi connectivity index (χ0) is 22.5. The molecule has 8 heteroatoms. The summed E-state index contributed by atoms with van der Waals surface area (Å²) in [6.07, 6.45) is 2.95. The molecule has 1 atom stereocenters. The summed E-state index contributed by atoms with van der Waals surface area (Å²) >= 11 is 11.9. The van der Waals surface area contributed by atoms with E-state index in [-0.39, 0.29) is 18.0 Å². The van der Waals surface area contributed by atoms with E-state index in [0.717, 1.165) is 5.56 Å². The van der Waals surface area contributed by atoms with Crippen LogP contribution in [0.3, 0.4) is 0 Å². The minimum absolute atomic E-state index is 0.196. The molecule has 1 amide bonds. The predicted octanol–water partition coefficient (Wildman–Crippen LogP) is 5.51. The van der Waals surface area contributed by atoms with Crippen LogP contribution in [-0.2, 0) is 4.74 Å². The Bertz CT molecular complexity index is 1100. The summed E-state index contributed by atoms with van der Waals surface area (Å²) < 4.78 is 5.21. The first-order valence-electron chi connectivity index (χ1n) is 9.64. The van der Waals surface area contributed by atoms with Crippen molar-refractivity contribution in [2.24, 2.45) is 0 Å². The summed E-state index contributed by atoms with van der Waals surface area (Å²) in [6.45, 7) is 5.41. The highest BCUT2D eigenvalue weighted by Crippen LogP contribution is 2.26. The lowest BCUT2D eigenvalue weighted by Crippen LogP contribution is -2.27. The van der Waals surface area contributed by atoms with Crippen LogP contribution < -0.4 is 5.32 Å². The number of hydrogen-bond acceptors (Lipinski definition) is 5. The fourth-order valence-corrected chi connectivity index (χ4v) is 3.22. The molecule has 0 aliphatic rings. The van der Waals surface area contributed by atoms with Gasteiger partial charge in [0.25, 0.3) is 5.91 Å². The van der Waals surface area contributed by atoms with Gasteiger partial charge in [-0.25, -0.2) is 4.79 Å². The van der Waals surface area contributed by atoms with Crippen LogP contribution >= 0.6 is 23.2 Å². The van der Waals surface area contributed by atoms with Crippen molar-refractivity contribution in [2.75, 3.05) is 0 Å². The summed E-state index contributed by atoms with van der Waals surface area (Å²) in [5.74, 6) is -0.697. The number of ether oxygens (including phenoxy) is 1. The van der Waals surface area contributed by atoms with Gasteiger partial charge in [-0.1, -0.05) is 35.3 Å². The van der Waals surface area contributed by atoms with Gasteiger partial charge >= 0.3 is 5.97 Å². The molecular formula is C23H21Cl2N3O3. The number of hydrogen-bond donors (Lipinski definition) is 1. The van der Waals surface area contributed by atoms with Crippen LogP contribution in [0.2, 0.25) is 10.0 Å². The minimum Gasteiger partial charge on any atom is -0.459 e. The maximum absolute atomic E-state index is 12.6.